The lowest BCUT2D eigenvalue weighted by Crippen LogP contribution is -2.13. The van der Waals surface area contributed by atoms with Crippen LogP contribution in [0.5, 0.6) is 0 Å². The number of amides is 1. The molecule has 3 rings (SSSR count). The van der Waals surface area contributed by atoms with Crippen molar-refractivity contribution in [3.05, 3.63) is 82.5 Å². The number of halogens is 1. The Bertz CT molecular complexity index is 931. The smallest absolute Gasteiger partial charge is 0.257 e. The largest absolute Gasteiger partial charge is 0.354 e. The topological polar surface area (TPSA) is 77.8 Å². The Morgan fingerprint density at radius 3 is 2.36 bits per heavy atom. The van der Waals surface area contributed by atoms with Crippen LogP contribution in [0.1, 0.15) is 15.9 Å². The first-order chi connectivity index (χ1) is 12.2. The number of carbonyl (C=O) groups is 1. The maximum Gasteiger partial charge on any atom is 0.257 e. The van der Waals surface area contributed by atoms with E-state index in [1.165, 1.54) is 0 Å². The number of rotatable bonds is 4. The standard InChI is InChI=1S/C19H13BrN4O/c20-17-4-2-1-3-16(17)19(25)24-18-10-9-15(12-22-18)23-14-7-5-13(11-21)6-8-14/h1-10,12,23H,(H,22,24,25). The van der Waals surface area contributed by atoms with Gasteiger partial charge in [-0.3, -0.25) is 4.79 Å². The SMILES string of the molecule is N#Cc1ccc(Nc2ccc(NC(=O)c3ccccc3Br)nc2)cc1. The molecule has 2 aromatic carbocycles. The highest BCUT2D eigenvalue weighted by Crippen LogP contribution is 2.19. The summed E-state index contributed by atoms with van der Waals surface area (Å²) in [6.45, 7) is 0. The van der Waals surface area contributed by atoms with Crippen LogP contribution in [0.2, 0.25) is 0 Å². The van der Waals surface area contributed by atoms with E-state index < -0.39 is 0 Å². The van der Waals surface area contributed by atoms with E-state index in [1.807, 2.05) is 30.3 Å². The Kier molecular flexibility index (Phi) is 5.07. The van der Waals surface area contributed by atoms with E-state index >= 15 is 0 Å². The molecule has 25 heavy (non-hydrogen) atoms. The molecule has 0 bridgehead atoms. The summed E-state index contributed by atoms with van der Waals surface area (Å²) in [7, 11) is 0. The van der Waals surface area contributed by atoms with Crippen LogP contribution < -0.4 is 10.6 Å². The van der Waals surface area contributed by atoms with Crippen LogP contribution in [0.3, 0.4) is 0 Å². The maximum atomic E-state index is 12.2. The van der Waals surface area contributed by atoms with E-state index in [4.69, 9.17) is 5.26 Å². The van der Waals surface area contributed by atoms with Crippen LogP contribution in [0, 0.1) is 11.3 Å². The number of carbonyl (C=O) groups excluding carboxylic acids is 1. The molecule has 1 heterocycles. The molecule has 0 saturated heterocycles. The molecule has 3 aromatic rings. The number of pyridine rings is 1. The summed E-state index contributed by atoms with van der Waals surface area (Å²) in [6, 6.07) is 19.9. The van der Waals surface area contributed by atoms with Crippen molar-refractivity contribution in [1.82, 2.24) is 4.98 Å². The van der Waals surface area contributed by atoms with Crippen molar-refractivity contribution in [1.29, 1.82) is 5.26 Å². The van der Waals surface area contributed by atoms with E-state index in [9.17, 15) is 4.79 Å². The minimum Gasteiger partial charge on any atom is -0.354 e. The molecule has 0 unspecified atom stereocenters. The van der Waals surface area contributed by atoms with Gasteiger partial charge in [-0.05, 0) is 64.5 Å². The lowest BCUT2D eigenvalue weighted by atomic mass is 10.2. The highest BCUT2D eigenvalue weighted by Gasteiger charge is 2.10. The minimum atomic E-state index is -0.229. The van der Waals surface area contributed by atoms with Crippen LogP contribution in [-0.2, 0) is 0 Å². The molecule has 1 aromatic heterocycles. The van der Waals surface area contributed by atoms with Gasteiger partial charge in [0.25, 0.3) is 5.91 Å². The molecule has 0 fully saturated rings. The molecule has 0 spiro atoms. The summed E-state index contributed by atoms with van der Waals surface area (Å²) in [5.74, 6) is 0.235. The van der Waals surface area contributed by atoms with Gasteiger partial charge in [-0.25, -0.2) is 4.98 Å². The first-order valence-corrected chi connectivity index (χ1v) is 8.24. The van der Waals surface area contributed by atoms with E-state index in [1.54, 1.807) is 36.5 Å². The van der Waals surface area contributed by atoms with Crippen LogP contribution in [-0.4, -0.2) is 10.9 Å². The number of aromatic nitrogens is 1. The van der Waals surface area contributed by atoms with Crippen LogP contribution in [0.15, 0.2) is 71.3 Å². The number of nitriles is 1. The van der Waals surface area contributed by atoms with Gasteiger partial charge in [0.05, 0.1) is 29.1 Å². The second-order valence-electron chi connectivity index (χ2n) is 5.18. The zero-order valence-corrected chi connectivity index (χ0v) is 14.6. The first kappa shape index (κ1) is 16.7. The summed E-state index contributed by atoms with van der Waals surface area (Å²) < 4.78 is 0.728. The van der Waals surface area contributed by atoms with Gasteiger partial charge in [-0.15, -0.1) is 0 Å². The predicted molar refractivity (Wildman–Crippen MR) is 101 cm³/mol. The van der Waals surface area contributed by atoms with Crippen molar-refractivity contribution in [3.8, 4) is 6.07 Å². The summed E-state index contributed by atoms with van der Waals surface area (Å²) >= 11 is 3.36. The Labute approximate surface area is 153 Å². The van der Waals surface area contributed by atoms with Gasteiger partial charge >= 0.3 is 0 Å². The fraction of sp³-hybridized carbons (Fsp3) is 0. The highest BCUT2D eigenvalue weighted by atomic mass is 79.9. The quantitative estimate of drug-likeness (QED) is 0.673. The van der Waals surface area contributed by atoms with Gasteiger partial charge in [0.1, 0.15) is 5.82 Å². The summed E-state index contributed by atoms with van der Waals surface area (Å²) in [5, 5.41) is 14.7. The average Bonchev–Trinajstić information content (AvgIpc) is 2.64. The van der Waals surface area contributed by atoms with E-state index in [2.05, 4.69) is 37.6 Å². The molecule has 0 radical (unpaired) electrons. The molecular formula is C19H13BrN4O. The summed E-state index contributed by atoms with van der Waals surface area (Å²) in [6.07, 6.45) is 1.63. The Balaban J connectivity index is 1.67. The first-order valence-electron chi connectivity index (χ1n) is 7.45. The minimum absolute atomic E-state index is 0.229. The molecule has 0 atom stereocenters. The zero-order chi connectivity index (χ0) is 17.6. The highest BCUT2D eigenvalue weighted by molar-refractivity contribution is 9.10. The molecule has 6 heteroatoms. The Hall–Kier alpha value is -3.17. The molecule has 2 N–H and O–H groups in total. The third kappa shape index (κ3) is 4.22. The number of nitrogens with zero attached hydrogens (tertiary/aromatic N) is 2. The Morgan fingerprint density at radius 1 is 1.00 bits per heavy atom. The number of hydrogen-bond donors (Lipinski definition) is 2. The lowest BCUT2D eigenvalue weighted by molar-refractivity contribution is 0.102. The molecule has 0 saturated carbocycles. The van der Waals surface area contributed by atoms with E-state index in [0.29, 0.717) is 16.9 Å². The molecule has 5 nitrogen and oxygen atoms in total. The second kappa shape index (κ2) is 7.60. The van der Waals surface area contributed by atoms with Gasteiger partial charge in [0.2, 0.25) is 0 Å². The molecular weight excluding hydrogens is 380 g/mol. The van der Waals surface area contributed by atoms with Gasteiger partial charge in [0, 0.05) is 10.2 Å². The Morgan fingerprint density at radius 2 is 1.72 bits per heavy atom. The molecule has 0 aliphatic rings. The van der Waals surface area contributed by atoms with Crippen molar-refractivity contribution < 1.29 is 4.79 Å². The average molecular weight is 393 g/mol. The zero-order valence-electron chi connectivity index (χ0n) is 13.0. The molecule has 122 valence electrons. The van der Waals surface area contributed by atoms with Crippen LogP contribution in [0.25, 0.3) is 0 Å². The van der Waals surface area contributed by atoms with Gasteiger partial charge in [-0.2, -0.15) is 5.26 Å². The monoisotopic (exact) mass is 392 g/mol. The number of hydrogen-bond acceptors (Lipinski definition) is 4. The van der Waals surface area contributed by atoms with Gasteiger partial charge in [-0.1, -0.05) is 12.1 Å². The van der Waals surface area contributed by atoms with Gasteiger partial charge < -0.3 is 10.6 Å². The van der Waals surface area contributed by atoms with Crippen molar-refractivity contribution in [3.63, 3.8) is 0 Å². The second-order valence-corrected chi connectivity index (χ2v) is 6.03. The summed E-state index contributed by atoms with van der Waals surface area (Å²) in [4.78, 5) is 16.5. The van der Waals surface area contributed by atoms with E-state index in [-0.39, 0.29) is 5.91 Å². The normalized spacial score (nSPS) is 9.92. The number of anilines is 3. The lowest BCUT2D eigenvalue weighted by Gasteiger charge is -2.08. The summed E-state index contributed by atoms with van der Waals surface area (Å²) in [5.41, 5.74) is 2.78. The van der Waals surface area contributed by atoms with Crippen molar-refractivity contribution >= 4 is 39.0 Å². The maximum absolute atomic E-state index is 12.2. The van der Waals surface area contributed by atoms with Crippen molar-refractivity contribution in [2.24, 2.45) is 0 Å². The van der Waals surface area contributed by atoms with E-state index in [0.717, 1.165) is 15.8 Å². The third-order valence-corrected chi connectivity index (χ3v) is 4.12. The molecule has 0 aliphatic carbocycles. The van der Waals surface area contributed by atoms with Gasteiger partial charge in [0.15, 0.2) is 0 Å². The predicted octanol–water partition coefficient (Wildman–Crippen LogP) is 4.71. The van der Waals surface area contributed by atoms with Crippen molar-refractivity contribution in [2.75, 3.05) is 10.6 Å². The fourth-order valence-electron chi connectivity index (χ4n) is 2.17. The fourth-order valence-corrected chi connectivity index (χ4v) is 2.63. The molecule has 0 aliphatic heterocycles. The number of benzene rings is 2. The van der Waals surface area contributed by atoms with Crippen molar-refractivity contribution in [2.45, 2.75) is 0 Å². The van der Waals surface area contributed by atoms with Crippen LogP contribution in [0.4, 0.5) is 17.2 Å². The number of nitrogens with one attached hydrogen (secondary N) is 2. The molecule has 1 amide bonds. The van der Waals surface area contributed by atoms with Crippen LogP contribution >= 0.6 is 15.9 Å². The third-order valence-electron chi connectivity index (χ3n) is 3.43.